The lowest BCUT2D eigenvalue weighted by Gasteiger charge is -2.30. The number of aromatic amines is 1. The van der Waals surface area contributed by atoms with Crippen LogP contribution in [0.5, 0.6) is 0 Å². The van der Waals surface area contributed by atoms with Crippen LogP contribution in [-0.2, 0) is 0 Å². The van der Waals surface area contributed by atoms with Crippen molar-refractivity contribution in [3.05, 3.63) is 24.7 Å². The molecule has 3 N–H and O–H groups in total. The zero-order chi connectivity index (χ0) is 11.7. The monoisotopic (exact) mass is 232 g/mol. The van der Waals surface area contributed by atoms with Crippen LogP contribution in [0.1, 0.15) is 12.8 Å². The van der Waals surface area contributed by atoms with Crippen molar-refractivity contribution in [1.29, 1.82) is 0 Å². The van der Waals surface area contributed by atoms with Gasteiger partial charge in [-0.1, -0.05) is 0 Å². The summed E-state index contributed by atoms with van der Waals surface area (Å²) in [5, 5.41) is 7.36. The topological polar surface area (TPSA) is 71.1 Å². The number of aromatic nitrogens is 2. The minimum atomic E-state index is 0.262. The molecule has 1 saturated heterocycles. The first-order valence-corrected chi connectivity index (χ1v) is 5.91. The molecule has 2 aromatic rings. The highest BCUT2D eigenvalue weighted by Crippen LogP contribution is 2.23. The van der Waals surface area contributed by atoms with E-state index in [9.17, 15) is 0 Å². The van der Waals surface area contributed by atoms with Gasteiger partial charge in [0.25, 0.3) is 0 Å². The second-order valence-electron chi connectivity index (χ2n) is 4.50. The Bertz CT molecular complexity index is 476. The highest BCUT2D eigenvalue weighted by Gasteiger charge is 2.19. The van der Waals surface area contributed by atoms with Crippen molar-refractivity contribution in [1.82, 2.24) is 10.2 Å². The second-order valence-corrected chi connectivity index (χ2v) is 4.50. The lowest BCUT2D eigenvalue weighted by Crippen LogP contribution is -2.43. The molecule has 0 bridgehead atoms. The Kier molecular flexibility index (Phi) is 2.60. The number of nitrogens with zero attached hydrogens (tertiary/aromatic N) is 2. The molecule has 1 unspecified atom stereocenters. The first-order chi connectivity index (χ1) is 8.33. The summed E-state index contributed by atoms with van der Waals surface area (Å²) in [5.74, 6) is 0.969. The summed E-state index contributed by atoms with van der Waals surface area (Å²) in [6, 6.07) is 4.22. The molecule has 1 fully saturated rings. The Morgan fingerprint density at radius 3 is 3.24 bits per heavy atom. The Morgan fingerprint density at radius 1 is 1.53 bits per heavy atom. The predicted molar refractivity (Wildman–Crippen MR) is 65.7 cm³/mol. The SMILES string of the molecule is NC1CCCN(c2cc(-c3ccoc3)[nH]n2)C1. The molecule has 3 rings (SSSR count). The molecular formula is C12H16N4O. The van der Waals surface area contributed by atoms with Gasteiger partial charge >= 0.3 is 0 Å². The summed E-state index contributed by atoms with van der Waals surface area (Å²) < 4.78 is 5.06. The van der Waals surface area contributed by atoms with Crippen LogP contribution >= 0.6 is 0 Å². The number of nitrogens with one attached hydrogen (secondary N) is 1. The van der Waals surface area contributed by atoms with E-state index in [1.807, 2.05) is 12.1 Å². The fraction of sp³-hybridized carbons (Fsp3) is 0.417. The van der Waals surface area contributed by atoms with E-state index in [0.717, 1.165) is 43.0 Å². The van der Waals surface area contributed by atoms with Crippen molar-refractivity contribution in [2.45, 2.75) is 18.9 Å². The number of hydrogen-bond acceptors (Lipinski definition) is 4. The first kappa shape index (κ1) is 10.4. The molecule has 0 saturated carbocycles. The Balaban J connectivity index is 1.80. The summed E-state index contributed by atoms with van der Waals surface area (Å²) >= 11 is 0. The lowest BCUT2D eigenvalue weighted by atomic mass is 10.1. The summed E-state index contributed by atoms with van der Waals surface area (Å²) in [7, 11) is 0. The van der Waals surface area contributed by atoms with Crippen molar-refractivity contribution in [2.24, 2.45) is 5.73 Å². The van der Waals surface area contributed by atoms with Gasteiger partial charge in [0.1, 0.15) is 0 Å². The molecule has 1 atom stereocenters. The van der Waals surface area contributed by atoms with Crippen molar-refractivity contribution in [3.8, 4) is 11.3 Å². The third-order valence-electron chi connectivity index (χ3n) is 3.18. The van der Waals surface area contributed by atoms with Crippen LogP contribution < -0.4 is 10.6 Å². The largest absolute Gasteiger partial charge is 0.472 e. The van der Waals surface area contributed by atoms with E-state index in [4.69, 9.17) is 10.2 Å². The standard InChI is InChI=1S/C12H16N4O/c13-10-2-1-4-16(7-10)12-6-11(14-15-12)9-3-5-17-8-9/h3,5-6,8,10H,1-2,4,7,13H2,(H,14,15). The Hall–Kier alpha value is -1.75. The van der Waals surface area contributed by atoms with Crippen LogP contribution in [0.3, 0.4) is 0 Å². The number of H-pyrrole nitrogens is 1. The van der Waals surface area contributed by atoms with Gasteiger partial charge < -0.3 is 15.1 Å². The maximum Gasteiger partial charge on any atom is 0.151 e. The van der Waals surface area contributed by atoms with Gasteiger partial charge in [-0.05, 0) is 18.9 Å². The van der Waals surface area contributed by atoms with Crippen LogP contribution in [0, 0.1) is 0 Å². The summed E-state index contributed by atoms with van der Waals surface area (Å²) in [6.07, 6.45) is 5.61. The van der Waals surface area contributed by atoms with Crippen LogP contribution in [0.25, 0.3) is 11.3 Å². The van der Waals surface area contributed by atoms with Crippen molar-refractivity contribution in [2.75, 3.05) is 18.0 Å². The van der Waals surface area contributed by atoms with Crippen LogP contribution in [0.15, 0.2) is 29.1 Å². The van der Waals surface area contributed by atoms with E-state index in [-0.39, 0.29) is 6.04 Å². The van der Waals surface area contributed by atoms with Gasteiger partial charge in [0.2, 0.25) is 0 Å². The highest BCUT2D eigenvalue weighted by atomic mass is 16.3. The van der Waals surface area contributed by atoms with Gasteiger partial charge in [-0.25, -0.2) is 0 Å². The quantitative estimate of drug-likeness (QED) is 0.825. The average molecular weight is 232 g/mol. The molecular weight excluding hydrogens is 216 g/mol. The summed E-state index contributed by atoms with van der Waals surface area (Å²) in [4.78, 5) is 2.23. The van der Waals surface area contributed by atoms with E-state index in [0.29, 0.717) is 0 Å². The molecule has 0 aromatic carbocycles. The molecule has 5 nitrogen and oxygen atoms in total. The number of hydrogen-bond donors (Lipinski definition) is 2. The lowest BCUT2D eigenvalue weighted by molar-refractivity contribution is 0.503. The normalized spacial score (nSPS) is 20.8. The number of anilines is 1. The molecule has 3 heterocycles. The van der Waals surface area contributed by atoms with Gasteiger partial charge in [-0.2, -0.15) is 5.10 Å². The van der Waals surface area contributed by atoms with Crippen molar-refractivity contribution in [3.63, 3.8) is 0 Å². The fourth-order valence-electron chi connectivity index (χ4n) is 2.26. The van der Waals surface area contributed by atoms with E-state index >= 15 is 0 Å². The van der Waals surface area contributed by atoms with Gasteiger partial charge in [0, 0.05) is 30.8 Å². The van der Waals surface area contributed by atoms with E-state index < -0.39 is 0 Å². The zero-order valence-corrected chi connectivity index (χ0v) is 9.60. The summed E-state index contributed by atoms with van der Waals surface area (Å²) in [5.41, 5.74) is 7.97. The smallest absolute Gasteiger partial charge is 0.151 e. The van der Waals surface area contributed by atoms with E-state index in [1.165, 1.54) is 0 Å². The van der Waals surface area contributed by atoms with Crippen LogP contribution in [0.4, 0.5) is 5.82 Å². The minimum Gasteiger partial charge on any atom is -0.472 e. The van der Waals surface area contributed by atoms with E-state index in [1.54, 1.807) is 12.5 Å². The highest BCUT2D eigenvalue weighted by molar-refractivity contribution is 5.61. The number of rotatable bonds is 2. The predicted octanol–water partition coefficient (Wildman–Crippen LogP) is 1.60. The Labute approximate surface area is 99.6 Å². The molecule has 1 aliphatic rings. The summed E-state index contributed by atoms with van der Waals surface area (Å²) in [6.45, 7) is 1.92. The van der Waals surface area contributed by atoms with E-state index in [2.05, 4.69) is 15.1 Å². The second kappa shape index (κ2) is 4.25. The average Bonchev–Trinajstić information content (AvgIpc) is 3.00. The maximum atomic E-state index is 5.97. The van der Waals surface area contributed by atoms with Crippen LogP contribution in [-0.4, -0.2) is 29.3 Å². The molecule has 0 aliphatic carbocycles. The number of nitrogens with two attached hydrogens (primary N) is 1. The number of piperidine rings is 1. The third-order valence-corrected chi connectivity index (χ3v) is 3.18. The first-order valence-electron chi connectivity index (χ1n) is 5.91. The third kappa shape index (κ3) is 2.06. The van der Waals surface area contributed by atoms with Crippen molar-refractivity contribution < 1.29 is 4.42 Å². The molecule has 0 radical (unpaired) electrons. The Morgan fingerprint density at radius 2 is 2.47 bits per heavy atom. The van der Waals surface area contributed by atoms with Crippen molar-refractivity contribution >= 4 is 5.82 Å². The molecule has 0 spiro atoms. The molecule has 90 valence electrons. The van der Waals surface area contributed by atoms with Gasteiger partial charge in [0.05, 0.1) is 18.2 Å². The zero-order valence-electron chi connectivity index (χ0n) is 9.60. The molecule has 17 heavy (non-hydrogen) atoms. The van der Waals surface area contributed by atoms with Gasteiger partial charge in [-0.15, -0.1) is 0 Å². The molecule has 2 aromatic heterocycles. The maximum absolute atomic E-state index is 5.97. The van der Waals surface area contributed by atoms with Crippen LogP contribution in [0.2, 0.25) is 0 Å². The van der Waals surface area contributed by atoms with Gasteiger partial charge in [-0.3, -0.25) is 5.10 Å². The number of furan rings is 1. The molecule has 1 aliphatic heterocycles. The molecule has 0 amide bonds. The fourth-order valence-corrected chi connectivity index (χ4v) is 2.26. The minimum absolute atomic E-state index is 0.262. The molecule has 5 heteroatoms. The van der Waals surface area contributed by atoms with Gasteiger partial charge in [0.15, 0.2) is 5.82 Å².